The predicted molar refractivity (Wildman–Crippen MR) is 77.2 cm³/mol. The summed E-state index contributed by atoms with van der Waals surface area (Å²) in [7, 11) is 0. The molecule has 1 aromatic rings. The lowest BCUT2D eigenvalue weighted by molar-refractivity contribution is -0.113. The minimum Gasteiger partial charge on any atom is -0.396 e. The average Bonchev–Trinajstić information content (AvgIpc) is 2.37. The Balaban J connectivity index is 2.42. The second-order valence-corrected chi connectivity index (χ2v) is 5.55. The van der Waals surface area contributed by atoms with Crippen LogP contribution in [-0.4, -0.2) is 34.5 Å². The molecular formula is C13H18N2O3S. The van der Waals surface area contributed by atoms with Crippen molar-refractivity contribution < 1.29 is 14.7 Å². The van der Waals surface area contributed by atoms with Crippen molar-refractivity contribution in [3.05, 3.63) is 29.8 Å². The molecule has 1 atom stereocenters. The van der Waals surface area contributed by atoms with Gasteiger partial charge in [-0.1, -0.05) is 6.92 Å². The van der Waals surface area contributed by atoms with Crippen molar-refractivity contribution in [1.82, 2.24) is 0 Å². The van der Waals surface area contributed by atoms with Crippen LogP contribution in [0.5, 0.6) is 0 Å². The molecule has 0 aliphatic rings. The van der Waals surface area contributed by atoms with Crippen molar-refractivity contribution in [1.29, 1.82) is 0 Å². The number of amides is 2. The fraction of sp³-hybridized carbons (Fsp3) is 0.385. The van der Waals surface area contributed by atoms with E-state index < -0.39 is 5.91 Å². The summed E-state index contributed by atoms with van der Waals surface area (Å²) in [5, 5.41) is 11.7. The van der Waals surface area contributed by atoms with E-state index in [0.29, 0.717) is 23.4 Å². The molecule has 19 heavy (non-hydrogen) atoms. The monoisotopic (exact) mass is 282 g/mol. The number of aliphatic hydroxyl groups excluding tert-OH is 1. The van der Waals surface area contributed by atoms with Crippen LogP contribution < -0.4 is 11.1 Å². The Morgan fingerprint density at radius 1 is 1.37 bits per heavy atom. The van der Waals surface area contributed by atoms with Crippen LogP contribution in [0.3, 0.4) is 0 Å². The van der Waals surface area contributed by atoms with Crippen molar-refractivity contribution in [2.75, 3.05) is 17.7 Å². The van der Waals surface area contributed by atoms with E-state index in [9.17, 15) is 9.59 Å². The summed E-state index contributed by atoms with van der Waals surface area (Å²) in [4.78, 5) is 22.5. The summed E-state index contributed by atoms with van der Waals surface area (Å²) in [5.41, 5.74) is 6.16. The van der Waals surface area contributed by atoms with E-state index in [4.69, 9.17) is 10.8 Å². The quantitative estimate of drug-likeness (QED) is 0.701. The number of carbonyl (C=O) groups excluding carboxylic acids is 2. The highest BCUT2D eigenvalue weighted by Gasteiger charge is 2.07. The second kappa shape index (κ2) is 7.81. The molecule has 0 saturated carbocycles. The van der Waals surface area contributed by atoms with Crippen LogP contribution in [0, 0.1) is 0 Å². The topological polar surface area (TPSA) is 92.4 Å². The summed E-state index contributed by atoms with van der Waals surface area (Å²) in [6.07, 6.45) is 0.672. The fourth-order valence-corrected chi connectivity index (χ4v) is 2.18. The standard InChI is InChI=1S/C13H18N2O3S/c1-9(6-7-16)19-8-12(17)15-11-4-2-10(3-5-11)13(14)18/h2-5,9,16H,6-8H2,1H3,(H2,14,18)(H,15,17). The molecule has 0 spiro atoms. The molecule has 1 rings (SSSR count). The minimum absolute atomic E-state index is 0.110. The summed E-state index contributed by atoms with van der Waals surface area (Å²) >= 11 is 1.49. The number of rotatable bonds is 7. The van der Waals surface area contributed by atoms with Crippen LogP contribution in [0.15, 0.2) is 24.3 Å². The van der Waals surface area contributed by atoms with E-state index in [-0.39, 0.29) is 17.8 Å². The van der Waals surface area contributed by atoms with Crippen molar-refractivity contribution in [2.24, 2.45) is 5.73 Å². The number of benzene rings is 1. The van der Waals surface area contributed by atoms with Crippen molar-refractivity contribution in [3.63, 3.8) is 0 Å². The number of primary amides is 1. The van der Waals surface area contributed by atoms with Crippen LogP contribution in [0.1, 0.15) is 23.7 Å². The fourth-order valence-electron chi connectivity index (χ4n) is 1.40. The first-order chi connectivity index (χ1) is 9.02. The summed E-state index contributed by atoms with van der Waals surface area (Å²) in [6.45, 7) is 2.10. The Hall–Kier alpha value is -1.53. The molecule has 0 aliphatic heterocycles. The van der Waals surface area contributed by atoms with Crippen molar-refractivity contribution in [3.8, 4) is 0 Å². The Kier molecular flexibility index (Phi) is 6.38. The van der Waals surface area contributed by atoms with Gasteiger partial charge in [-0.3, -0.25) is 9.59 Å². The van der Waals surface area contributed by atoms with Crippen LogP contribution in [-0.2, 0) is 4.79 Å². The van der Waals surface area contributed by atoms with Gasteiger partial charge < -0.3 is 16.2 Å². The lowest BCUT2D eigenvalue weighted by Gasteiger charge is -2.09. The van der Waals surface area contributed by atoms with Crippen molar-refractivity contribution >= 4 is 29.3 Å². The first-order valence-electron chi connectivity index (χ1n) is 5.95. The summed E-state index contributed by atoms with van der Waals surface area (Å²) < 4.78 is 0. The molecule has 1 unspecified atom stereocenters. The van der Waals surface area contributed by atoms with E-state index in [1.165, 1.54) is 11.8 Å². The Bertz CT molecular complexity index is 434. The molecule has 1 aromatic carbocycles. The lowest BCUT2D eigenvalue weighted by atomic mass is 10.2. The molecule has 0 radical (unpaired) electrons. The number of hydrogen-bond acceptors (Lipinski definition) is 4. The third-order valence-electron chi connectivity index (χ3n) is 2.49. The molecule has 2 amide bonds. The van der Waals surface area contributed by atoms with Gasteiger partial charge in [-0.15, -0.1) is 11.8 Å². The van der Waals surface area contributed by atoms with Gasteiger partial charge in [0, 0.05) is 23.1 Å². The van der Waals surface area contributed by atoms with Gasteiger partial charge in [-0.25, -0.2) is 0 Å². The molecule has 104 valence electrons. The zero-order valence-corrected chi connectivity index (χ0v) is 11.6. The van der Waals surface area contributed by atoms with Gasteiger partial charge in [0.2, 0.25) is 11.8 Å². The van der Waals surface area contributed by atoms with Gasteiger partial charge in [-0.05, 0) is 30.7 Å². The smallest absolute Gasteiger partial charge is 0.248 e. The molecule has 0 saturated heterocycles. The Morgan fingerprint density at radius 3 is 2.53 bits per heavy atom. The summed E-state index contributed by atoms with van der Waals surface area (Å²) in [5.74, 6) is -0.272. The molecule has 0 aromatic heterocycles. The van der Waals surface area contributed by atoms with Gasteiger partial charge in [0.1, 0.15) is 0 Å². The highest BCUT2D eigenvalue weighted by molar-refractivity contribution is 8.00. The first kappa shape index (κ1) is 15.5. The maximum Gasteiger partial charge on any atom is 0.248 e. The van der Waals surface area contributed by atoms with E-state index in [2.05, 4.69) is 5.32 Å². The number of nitrogens with one attached hydrogen (secondary N) is 1. The van der Waals surface area contributed by atoms with Crippen molar-refractivity contribution in [2.45, 2.75) is 18.6 Å². The highest BCUT2D eigenvalue weighted by Crippen LogP contribution is 2.15. The largest absolute Gasteiger partial charge is 0.396 e. The van der Waals surface area contributed by atoms with E-state index in [1.54, 1.807) is 24.3 Å². The third kappa shape index (κ3) is 5.76. The molecule has 0 fully saturated rings. The maximum atomic E-state index is 11.7. The SMILES string of the molecule is CC(CCO)SCC(=O)Nc1ccc(C(N)=O)cc1. The number of anilines is 1. The predicted octanol–water partition coefficient (Wildman–Crippen LogP) is 1.23. The second-order valence-electron chi connectivity index (χ2n) is 4.12. The Morgan fingerprint density at radius 2 is 2.00 bits per heavy atom. The molecule has 4 N–H and O–H groups in total. The van der Waals surface area contributed by atoms with Crippen LogP contribution >= 0.6 is 11.8 Å². The van der Waals surface area contributed by atoms with Gasteiger partial charge in [-0.2, -0.15) is 0 Å². The van der Waals surface area contributed by atoms with E-state index in [0.717, 1.165) is 0 Å². The molecule has 5 nitrogen and oxygen atoms in total. The summed E-state index contributed by atoms with van der Waals surface area (Å²) in [6, 6.07) is 6.42. The normalized spacial score (nSPS) is 11.9. The molecule has 0 heterocycles. The number of thioether (sulfide) groups is 1. The van der Waals surface area contributed by atoms with Gasteiger partial charge in [0.25, 0.3) is 0 Å². The average molecular weight is 282 g/mol. The maximum absolute atomic E-state index is 11.7. The zero-order valence-electron chi connectivity index (χ0n) is 10.8. The lowest BCUT2D eigenvalue weighted by Crippen LogP contribution is -2.16. The van der Waals surface area contributed by atoms with Crippen LogP contribution in [0.25, 0.3) is 0 Å². The van der Waals surface area contributed by atoms with Gasteiger partial charge in [0.15, 0.2) is 0 Å². The van der Waals surface area contributed by atoms with Crippen LogP contribution in [0.2, 0.25) is 0 Å². The van der Waals surface area contributed by atoms with Gasteiger partial charge >= 0.3 is 0 Å². The third-order valence-corrected chi connectivity index (χ3v) is 3.72. The van der Waals surface area contributed by atoms with E-state index >= 15 is 0 Å². The molecular weight excluding hydrogens is 264 g/mol. The van der Waals surface area contributed by atoms with Gasteiger partial charge in [0.05, 0.1) is 5.75 Å². The highest BCUT2D eigenvalue weighted by atomic mass is 32.2. The Labute approximate surface area is 116 Å². The molecule has 0 bridgehead atoms. The zero-order chi connectivity index (χ0) is 14.3. The number of nitrogens with two attached hydrogens (primary N) is 1. The van der Waals surface area contributed by atoms with Crippen LogP contribution in [0.4, 0.5) is 5.69 Å². The number of aliphatic hydroxyl groups is 1. The number of hydrogen-bond donors (Lipinski definition) is 3. The number of carbonyl (C=O) groups is 2. The first-order valence-corrected chi connectivity index (χ1v) is 7.00. The molecule has 0 aliphatic carbocycles. The molecule has 6 heteroatoms. The minimum atomic E-state index is -0.494. The van der Waals surface area contributed by atoms with E-state index in [1.807, 2.05) is 6.92 Å².